The maximum atomic E-state index is 13.5. The quantitative estimate of drug-likeness (QED) is 0.610. The van der Waals surface area contributed by atoms with E-state index in [1.165, 1.54) is 24.3 Å². The Morgan fingerprint density at radius 1 is 1.21 bits per heavy atom. The average Bonchev–Trinajstić information content (AvgIpc) is 2.67. The summed E-state index contributed by atoms with van der Waals surface area (Å²) in [5, 5.41) is 11.8. The van der Waals surface area contributed by atoms with Crippen molar-refractivity contribution in [3.63, 3.8) is 0 Å². The monoisotopic (exact) mass is 413 g/mol. The molecule has 11 heteroatoms. The smallest absolute Gasteiger partial charge is 0.335 e. The predicted molar refractivity (Wildman–Crippen MR) is 101 cm³/mol. The highest BCUT2D eigenvalue weighted by Gasteiger charge is 2.38. The summed E-state index contributed by atoms with van der Waals surface area (Å²) in [7, 11) is 0. The number of nitrogens with zero attached hydrogens (tertiary/aromatic N) is 4. The molecule has 1 aromatic carbocycles. The lowest BCUT2D eigenvalue weighted by Crippen LogP contribution is -2.35. The van der Waals surface area contributed by atoms with Gasteiger partial charge in [-0.2, -0.15) is 23.7 Å². The van der Waals surface area contributed by atoms with Crippen LogP contribution in [0.1, 0.15) is 31.1 Å². The van der Waals surface area contributed by atoms with Crippen LogP contribution in [0, 0.1) is 0 Å². The number of rotatable bonds is 10. The predicted octanol–water partition coefficient (Wildman–Crippen LogP) is 3.53. The van der Waals surface area contributed by atoms with Gasteiger partial charge >= 0.3 is 17.9 Å². The van der Waals surface area contributed by atoms with E-state index in [-0.39, 0.29) is 23.5 Å². The molecule has 0 spiro atoms. The largest absolute Gasteiger partial charge is 0.478 e. The summed E-state index contributed by atoms with van der Waals surface area (Å²) in [4.78, 5) is 24.9. The number of carboxylic acids is 1. The number of hydrogen-bond donors (Lipinski definition) is 2. The first-order valence-corrected chi connectivity index (χ1v) is 8.92. The molecule has 0 saturated carbocycles. The van der Waals surface area contributed by atoms with Gasteiger partial charge < -0.3 is 20.1 Å². The number of nitrogens with one attached hydrogen (secondary N) is 1. The second kappa shape index (κ2) is 9.39. The fourth-order valence-corrected chi connectivity index (χ4v) is 2.22. The number of aromatic carboxylic acids is 1. The van der Waals surface area contributed by atoms with Crippen LogP contribution in [-0.4, -0.2) is 57.8 Å². The molecule has 2 aromatic rings. The van der Waals surface area contributed by atoms with Crippen molar-refractivity contribution in [2.24, 2.45) is 0 Å². The van der Waals surface area contributed by atoms with Crippen LogP contribution < -0.4 is 15.0 Å². The van der Waals surface area contributed by atoms with Crippen molar-refractivity contribution in [3.05, 3.63) is 29.8 Å². The molecule has 2 rings (SSSR count). The molecule has 0 fully saturated rings. The van der Waals surface area contributed by atoms with Crippen LogP contribution in [0.25, 0.3) is 0 Å². The first-order chi connectivity index (χ1) is 13.7. The SMILES string of the molecule is CCN(CC)c1nc(Nc2ccc(C(=O)O)cc2)nc(OCC(F)(F)C(C)F)n1. The minimum atomic E-state index is -3.69. The van der Waals surface area contributed by atoms with Crippen LogP contribution in [0.15, 0.2) is 24.3 Å². The first-order valence-electron chi connectivity index (χ1n) is 8.92. The maximum absolute atomic E-state index is 13.5. The molecule has 0 aliphatic heterocycles. The highest BCUT2D eigenvalue weighted by Crippen LogP contribution is 2.24. The molecular weight excluding hydrogens is 391 g/mol. The third-order valence-corrected chi connectivity index (χ3v) is 4.01. The highest BCUT2D eigenvalue weighted by atomic mass is 19.3. The Balaban J connectivity index is 2.29. The second-order valence-electron chi connectivity index (χ2n) is 6.09. The summed E-state index contributed by atoms with van der Waals surface area (Å²) >= 11 is 0. The van der Waals surface area contributed by atoms with Gasteiger partial charge in [-0.1, -0.05) is 0 Å². The molecule has 29 heavy (non-hydrogen) atoms. The van der Waals surface area contributed by atoms with Gasteiger partial charge in [-0.15, -0.1) is 0 Å². The zero-order valence-electron chi connectivity index (χ0n) is 16.2. The van der Waals surface area contributed by atoms with Gasteiger partial charge in [0.05, 0.1) is 5.56 Å². The van der Waals surface area contributed by atoms with E-state index in [0.29, 0.717) is 18.8 Å². The van der Waals surface area contributed by atoms with Crippen molar-refractivity contribution < 1.29 is 27.8 Å². The Labute approximate surface area is 165 Å². The van der Waals surface area contributed by atoms with Crippen LogP contribution in [0.4, 0.5) is 30.8 Å². The number of halogens is 3. The van der Waals surface area contributed by atoms with Gasteiger partial charge in [0.1, 0.15) is 0 Å². The Morgan fingerprint density at radius 3 is 2.34 bits per heavy atom. The van der Waals surface area contributed by atoms with Gasteiger partial charge in [-0.3, -0.25) is 0 Å². The zero-order valence-corrected chi connectivity index (χ0v) is 16.2. The van der Waals surface area contributed by atoms with Crippen LogP contribution in [0.5, 0.6) is 6.01 Å². The van der Waals surface area contributed by atoms with Crippen LogP contribution in [0.3, 0.4) is 0 Å². The molecule has 0 amide bonds. The molecule has 2 N–H and O–H groups in total. The van der Waals surface area contributed by atoms with Gasteiger partial charge in [-0.05, 0) is 45.0 Å². The fourth-order valence-electron chi connectivity index (χ4n) is 2.22. The Bertz CT molecular complexity index is 830. The number of carbonyl (C=O) groups is 1. The van der Waals surface area contributed by atoms with Gasteiger partial charge in [-0.25, -0.2) is 9.18 Å². The summed E-state index contributed by atoms with van der Waals surface area (Å²) in [5.41, 5.74) is 0.571. The highest BCUT2D eigenvalue weighted by molar-refractivity contribution is 5.88. The van der Waals surface area contributed by atoms with Gasteiger partial charge in [0.2, 0.25) is 11.9 Å². The Morgan fingerprint density at radius 2 is 1.83 bits per heavy atom. The van der Waals surface area contributed by atoms with Crippen LogP contribution in [0.2, 0.25) is 0 Å². The molecule has 1 atom stereocenters. The van der Waals surface area contributed by atoms with Gasteiger partial charge in [0.25, 0.3) is 0 Å². The Hall–Kier alpha value is -3.11. The van der Waals surface area contributed by atoms with E-state index < -0.39 is 24.7 Å². The molecule has 8 nitrogen and oxygen atoms in total. The minimum absolute atomic E-state index is 0.0107. The lowest BCUT2D eigenvalue weighted by molar-refractivity contribution is -0.0957. The number of aromatic nitrogens is 3. The van der Waals surface area contributed by atoms with E-state index in [4.69, 9.17) is 9.84 Å². The van der Waals surface area contributed by atoms with E-state index in [1.807, 2.05) is 13.8 Å². The molecule has 1 heterocycles. The van der Waals surface area contributed by atoms with Crippen LogP contribution in [-0.2, 0) is 0 Å². The lowest BCUT2D eigenvalue weighted by atomic mass is 10.2. The number of hydrogen-bond acceptors (Lipinski definition) is 7. The fraction of sp³-hybridized carbons (Fsp3) is 0.444. The minimum Gasteiger partial charge on any atom is -0.478 e. The van der Waals surface area contributed by atoms with Crippen LogP contribution >= 0.6 is 0 Å². The number of anilines is 3. The van der Waals surface area contributed by atoms with E-state index in [9.17, 15) is 18.0 Å². The average molecular weight is 413 g/mol. The third kappa shape index (κ3) is 5.93. The third-order valence-electron chi connectivity index (χ3n) is 4.01. The molecular formula is C18H22F3N5O3. The standard InChI is InChI=1S/C18H22F3N5O3/c1-4-26(5-2)16-23-15(22-13-8-6-12(7-9-13)14(27)28)24-17(25-16)29-10-18(20,21)11(3)19/h6-9,11H,4-5,10H2,1-3H3,(H,27,28)(H,22,23,24,25). The molecule has 1 unspecified atom stereocenters. The van der Waals surface area contributed by atoms with Gasteiger partial charge in [0.15, 0.2) is 12.8 Å². The molecule has 158 valence electrons. The number of benzene rings is 1. The molecule has 1 aromatic heterocycles. The van der Waals surface area contributed by atoms with Crippen molar-refractivity contribution >= 4 is 23.6 Å². The second-order valence-corrected chi connectivity index (χ2v) is 6.09. The topological polar surface area (TPSA) is 100 Å². The van der Waals surface area contributed by atoms with E-state index in [1.54, 1.807) is 4.90 Å². The van der Waals surface area contributed by atoms with Crippen molar-refractivity contribution in [1.29, 1.82) is 0 Å². The van der Waals surface area contributed by atoms with Crippen molar-refractivity contribution in [2.45, 2.75) is 32.9 Å². The lowest BCUT2D eigenvalue weighted by Gasteiger charge is -2.21. The summed E-state index contributed by atoms with van der Waals surface area (Å²) in [5.74, 6) is -4.56. The summed E-state index contributed by atoms with van der Waals surface area (Å²) < 4.78 is 45.0. The number of carboxylic acid groups (broad SMARTS) is 1. The normalized spacial score (nSPS) is 12.3. The molecule has 0 saturated heterocycles. The molecule has 0 aliphatic rings. The maximum Gasteiger partial charge on any atom is 0.335 e. The van der Waals surface area contributed by atoms with Crippen molar-refractivity contribution in [2.75, 3.05) is 29.9 Å². The van der Waals surface area contributed by atoms with E-state index >= 15 is 0 Å². The summed E-state index contributed by atoms with van der Waals surface area (Å²) in [6.07, 6.45) is -2.39. The molecule has 0 radical (unpaired) electrons. The molecule has 0 bridgehead atoms. The Kier molecular flexibility index (Phi) is 7.18. The van der Waals surface area contributed by atoms with Crippen molar-refractivity contribution in [1.82, 2.24) is 15.0 Å². The number of ether oxygens (including phenoxy) is 1. The summed E-state index contributed by atoms with van der Waals surface area (Å²) in [6, 6.07) is 5.40. The van der Waals surface area contributed by atoms with Crippen molar-refractivity contribution in [3.8, 4) is 6.01 Å². The van der Waals surface area contributed by atoms with E-state index in [0.717, 1.165) is 6.92 Å². The van der Waals surface area contributed by atoms with Gasteiger partial charge in [0, 0.05) is 18.8 Å². The number of alkyl halides is 3. The molecule has 0 aliphatic carbocycles. The summed E-state index contributed by atoms with van der Waals surface area (Å²) in [6.45, 7) is 4.34. The zero-order chi connectivity index (χ0) is 21.6. The first kappa shape index (κ1) is 22.2. The van der Waals surface area contributed by atoms with E-state index in [2.05, 4.69) is 20.3 Å².